The quantitative estimate of drug-likeness (QED) is 0.865. The standard InChI is InChI=1S/C16H23NO/c1-3-7-14(8-4-1)11-15-12-18-13-16(17-15)9-5-2-6-10-16/h1,3-4,7-8,15,17H,2,5-6,9-13H2/t15-/m1/s1. The van der Waals surface area contributed by atoms with Gasteiger partial charge in [-0.25, -0.2) is 0 Å². The lowest BCUT2D eigenvalue weighted by Gasteiger charge is -2.44. The molecule has 1 N–H and O–H groups in total. The zero-order valence-electron chi connectivity index (χ0n) is 11.0. The molecule has 1 aromatic carbocycles. The number of ether oxygens (including phenoxy) is 1. The van der Waals surface area contributed by atoms with Crippen LogP contribution in [0.2, 0.25) is 0 Å². The summed E-state index contributed by atoms with van der Waals surface area (Å²) in [5.41, 5.74) is 1.70. The lowest BCUT2D eigenvalue weighted by Crippen LogP contribution is -2.60. The van der Waals surface area contributed by atoms with E-state index in [1.54, 1.807) is 0 Å². The van der Waals surface area contributed by atoms with E-state index < -0.39 is 0 Å². The number of hydrogen-bond donors (Lipinski definition) is 1. The third-order valence-electron chi connectivity index (χ3n) is 4.34. The van der Waals surface area contributed by atoms with Gasteiger partial charge in [-0.3, -0.25) is 0 Å². The summed E-state index contributed by atoms with van der Waals surface area (Å²) in [5, 5.41) is 3.89. The van der Waals surface area contributed by atoms with Crippen LogP contribution < -0.4 is 5.32 Å². The highest BCUT2D eigenvalue weighted by molar-refractivity contribution is 5.16. The van der Waals surface area contributed by atoms with Gasteiger partial charge in [0.05, 0.1) is 13.2 Å². The van der Waals surface area contributed by atoms with Crippen molar-refractivity contribution < 1.29 is 4.74 Å². The predicted octanol–water partition coefficient (Wildman–Crippen LogP) is 2.92. The first-order chi connectivity index (χ1) is 8.86. The van der Waals surface area contributed by atoms with Gasteiger partial charge in [0, 0.05) is 11.6 Å². The molecule has 1 saturated carbocycles. The lowest BCUT2D eigenvalue weighted by molar-refractivity contribution is -0.0172. The molecule has 1 aromatic rings. The summed E-state index contributed by atoms with van der Waals surface area (Å²) in [5.74, 6) is 0. The van der Waals surface area contributed by atoms with E-state index in [2.05, 4.69) is 35.6 Å². The van der Waals surface area contributed by atoms with Gasteiger partial charge in [0.25, 0.3) is 0 Å². The third-order valence-corrected chi connectivity index (χ3v) is 4.34. The molecule has 3 rings (SSSR count). The van der Waals surface area contributed by atoms with E-state index in [1.165, 1.54) is 37.7 Å². The molecule has 2 fully saturated rings. The van der Waals surface area contributed by atoms with Crippen molar-refractivity contribution in [3.63, 3.8) is 0 Å². The molecule has 18 heavy (non-hydrogen) atoms. The third kappa shape index (κ3) is 2.76. The zero-order chi connectivity index (χ0) is 12.3. The van der Waals surface area contributed by atoms with Crippen LogP contribution in [0.1, 0.15) is 37.7 Å². The number of hydrogen-bond acceptors (Lipinski definition) is 2. The minimum Gasteiger partial charge on any atom is -0.378 e. The molecule has 1 aliphatic heterocycles. The van der Waals surface area contributed by atoms with E-state index in [1.807, 2.05) is 0 Å². The van der Waals surface area contributed by atoms with Crippen molar-refractivity contribution in [1.82, 2.24) is 5.32 Å². The van der Waals surface area contributed by atoms with Gasteiger partial charge in [-0.15, -0.1) is 0 Å². The van der Waals surface area contributed by atoms with Gasteiger partial charge in [-0.2, -0.15) is 0 Å². The topological polar surface area (TPSA) is 21.3 Å². The van der Waals surface area contributed by atoms with Crippen LogP contribution in [0.15, 0.2) is 30.3 Å². The zero-order valence-corrected chi connectivity index (χ0v) is 11.0. The number of nitrogens with one attached hydrogen (secondary N) is 1. The van der Waals surface area contributed by atoms with Crippen molar-refractivity contribution >= 4 is 0 Å². The summed E-state index contributed by atoms with van der Waals surface area (Å²) >= 11 is 0. The average Bonchev–Trinajstić information content (AvgIpc) is 2.41. The van der Waals surface area contributed by atoms with Gasteiger partial charge in [-0.1, -0.05) is 49.6 Å². The van der Waals surface area contributed by atoms with Gasteiger partial charge >= 0.3 is 0 Å². The molecule has 0 amide bonds. The van der Waals surface area contributed by atoms with Crippen molar-refractivity contribution in [2.24, 2.45) is 0 Å². The SMILES string of the molecule is c1ccc(C[C@@H]2COCC3(CCCCC3)N2)cc1. The maximum absolute atomic E-state index is 5.89. The highest BCUT2D eigenvalue weighted by Gasteiger charge is 2.37. The molecule has 2 heteroatoms. The molecular formula is C16H23NO. The monoisotopic (exact) mass is 245 g/mol. The Bertz CT molecular complexity index is 364. The number of benzene rings is 1. The first-order valence-corrected chi connectivity index (χ1v) is 7.26. The Morgan fingerprint density at radius 3 is 2.67 bits per heavy atom. The molecule has 0 aromatic heterocycles. The minimum absolute atomic E-state index is 0.288. The normalized spacial score (nSPS) is 27.2. The van der Waals surface area contributed by atoms with Crippen molar-refractivity contribution in [2.75, 3.05) is 13.2 Å². The highest BCUT2D eigenvalue weighted by Crippen LogP contribution is 2.31. The van der Waals surface area contributed by atoms with Gasteiger partial charge in [0.1, 0.15) is 0 Å². The van der Waals surface area contributed by atoms with E-state index in [4.69, 9.17) is 4.74 Å². The van der Waals surface area contributed by atoms with E-state index in [9.17, 15) is 0 Å². The largest absolute Gasteiger partial charge is 0.378 e. The second kappa shape index (κ2) is 5.41. The molecule has 0 radical (unpaired) electrons. The average molecular weight is 245 g/mol. The van der Waals surface area contributed by atoms with E-state index in [-0.39, 0.29) is 5.54 Å². The minimum atomic E-state index is 0.288. The van der Waals surface area contributed by atoms with Gasteiger partial charge in [0.2, 0.25) is 0 Å². The van der Waals surface area contributed by atoms with Crippen LogP contribution >= 0.6 is 0 Å². The van der Waals surface area contributed by atoms with Crippen molar-refractivity contribution in [2.45, 2.75) is 50.1 Å². The van der Waals surface area contributed by atoms with Gasteiger partial charge in [-0.05, 0) is 24.8 Å². The first kappa shape index (κ1) is 12.2. The first-order valence-electron chi connectivity index (χ1n) is 7.26. The van der Waals surface area contributed by atoms with Crippen LogP contribution in [0.3, 0.4) is 0 Å². The van der Waals surface area contributed by atoms with Crippen LogP contribution in [-0.2, 0) is 11.2 Å². The smallest absolute Gasteiger partial charge is 0.0649 e. The fraction of sp³-hybridized carbons (Fsp3) is 0.625. The molecule has 0 bridgehead atoms. The van der Waals surface area contributed by atoms with Crippen molar-refractivity contribution in [3.8, 4) is 0 Å². The second-order valence-corrected chi connectivity index (χ2v) is 5.89. The fourth-order valence-corrected chi connectivity index (χ4v) is 3.44. The van der Waals surface area contributed by atoms with Crippen LogP contribution in [0.25, 0.3) is 0 Å². The van der Waals surface area contributed by atoms with Crippen LogP contribution in [0, 0.1) is 0 Å². The summed E-state index contributed by atoms with van der Waals surface area (Å²) in [7, 11) is 0. The van der Waals surface area contributed by atoms with Crippen LogP contribution in [0.4, 0.5) is 0 Å². The van der Waals surface area contributed by atoms with Crippen LogP contribution in [0.5, 0.6) is 0 Å². The van der Waals surface area contributed by atoms with Gasteiger partial charge < -0.3 is 10.1 Å². The molecule has 1 aliphatic carbocycles. The summed E-state index contributed by atoms with van der Waals surface area (Å²) in [4.78, 5) is 0. The van der Waals surface area contributed by atoms with E-state index >= 15 is 0 Å². The summed E-state index contributed by atoms with van der Waals surface area (Å²) in [6.07, 6.45) is 7.77. The molecular weight excluding hydrogens is 222 g/mol. The molecule has 1 spiro atoms. The lowest BCUT2D eigenvalue weighted by atomic mass is 9.80. The predicted molar refractivity (Wildman–Crippen MR) is 73.7 cm³/mol. The Hall–Kier alpha value is -0.860. The number of morpholine rings is 1. The van der Waals surface area contributed by atoms with Gasteiger partial charge in [0.15, 0.2) is 0 Å². The molecule has 1 atom stereocenters. The fourth-order valence-electron chi connectivity index (χ4n) is 3.44. The molecule has 2 nitrogen and oxygen atoms in total. The highest BCUT2D eigenvalue weighted by atomic mass is 16.5. The van der Waals surface area contributed by atoms with Crippen molar-refractivity contribution in [3.05, 3.63) is 35.9 Å². The van der Waals surface area contributed by atoms with Crippen molar-refractivity contribution in [1.29, 1.82) is 0 Å². The summed E-state index contributed by atoms with van der Waals surface area (Å²) in [6, 6.07) is 11.2. The van der Waals surface area contributed by atoms with Crippen LogP contribution in [-0.4, -0.2) is 24.8 Å². The Morgan fingerprint density at radius 1 is 1.11 bits per heavy atom. The van der Waals surface area contributed by atoms with E-state index in [0.717, 1.165) is 19.6 Å². The molecule has 1 saturated heterocycles. The Morgan fingerprint density at radius 2 is 1.89 bits per heavy atom. The Labute approximate surface area is 110 Å². The molecule has 1 heterocycles. The molecule has 98 valence electrons. The Kier molecular flexibility index (Phi) is 3.67. The second-order valence-electron chi connectivity index (χ2n) is 5.89. The molecule has 2 aliphatic rings. The summed E-state index contributed by atoms with van der Waals surface area (Å²) < 4.78 is 5.89. The summed E-state index contributed by atoms with van der Waals surface area (Å²) in [6.45, 7) is 1.77. The maximum atomic E-state index is 5.89. The Balaban J connectivity index is 1.63. The number of rotatable bonds is 2. The molecule has 0 unspecified atom stereocenters. The maximum Gasteiger partial charge on any atom is 0.0649 e. The van der Waals surface area contributed by atoms with E-state index in [0.29, 0.717) is 6.04 Å².